The molecule has 1 aliphatic carbocycles. The van der Waals surface area contributed by atoms with Crippen molar-refractivity contribution < 1.29 is 0 Å². The Bertz CT molecular complexity index is 480. The number of piperazine rings is 1. The highest BCUT2D eigenvalue weighted by Gasteiger charge is 2.38. The van der Waals surface area contributed by atoms with E-state index >= 15 is 0 Å². The molecule has 1 saturated carbocycles. The predicted molar refractivity (Wildman–Crippen MR) is 86.8 cm³/mol. The Morgan fingerprint density at radius 1 is 1.25 bits per heavy atom. The van der Waals surface area contributed by atoms with Gasteiger partial charge in [0, 0.05) is 35.4 Å². The normalized spacial score (nSPS) is 25.9. The zero-order chi connectivity index (χ0) is 14.2. The number of nitrogens with one attached hydrogen (secondary N) is 1. The van der Waals surface area contributed by atoms with Gasteiger partial charge in [-0.2, -0.15) is 0 Å². The lowest BCUT2D eigenvalue weighted by molar-refractivity contribution is 0.200. The third-order valence-electron chi connectivity index (χ3n) is 5.08. The summed E-state index contributed by atoms with van der Waals surface area (Å²) in [5.74, 6) is 0. The van der Waals surface area contributed by atoms with Gasteiger partial charge < -0.3 is 10.2 Å². The maximum Gasteiger partial charge on any atom is 0.0455 e. The number of benzene rings is 1. The van der Waals surface area contributed by atoms with Gasteiger partial charge in [-0.3, -0.25) is 0 Å². The Labute approximate surface area is 127 Å². The summed E-state index contributed by atoms with van der Waals surface area (Å²) < 4.78 is 0. The summed E-state index contributed by atoms with van der Waals surface area (Å²) >= 11 is 6.32. The summed E-state index contributed by atoms with van der Waals surface area (Å²) in [6.07, 6.45) is 6.76. The molecule has 0 radical (unpaired) electrons. The van der Waals surface area contributed by atoms with Crippen LogP contribution in [0.15, 0.2) is 18.2 Å². The summed E-state index contributed by atoms with van der Waals surface area (Å²) in [5, 5.41) is 4.72. The fourth-order valence-corrected chi connectivity index (χ4v) is 3.86. The smallest absolute Gasteiger partial charge is 0.0455 e. The van der Waals surface area contributed by atoms with E-state index in [0.717, 1.165) is 23.7 Å². The SMILES string of the molecule is Cc1ccc(N2CC3(CCCCC3)NCC2C)cc1Cl. The van der Waals surface area contributed by atoms with Crippen molar-refractivity contribution in [2.24, 2.45) is 0 Å². The number of aryl methyl sites for hydroxylation is 1. The maximum atomic E-state index is 6.32. The second-order valence-corrected chi connectivity index (χ2v) is 7.04. The van der Waals surface area contributed by atoms with Crippen LogP contribution in [0.5, 0.6) is 0 Å². The summed E-state index contributed by atoms with van der Waals surface area (Å²) in [5.41, 5.74) is 2.77. The molecule has 1 unspecified atom stereocenters. The van der Waals surface area contributed by atoms with Crippen LogP contribution in [-0.4, -0.2) is 24.7 Å². The lowest BCUT2D eigenvalue weighted by Gasteiger charge is -2.50. The molecular formula is C17H25ClN2. The van der Waals surface area contributed by atoms with Crippen LogP contribution in [0.1, 0.15) is 44.6 Å². The molecular weight excluding hydrogens is 268 g/mol. The molecule has 0 aromatic heterocycles. The minimum absolute atomic E-state index is 0.335. The highest BCUT2D eigenvalue weighted by molar-refractivity contribution is 6.31. The van der Waals surface area contributed by atoms with Gasteiger partial charge in [0.2, 0.25) is 0 Å². The summed E-state index contributed by atoms with van der Waals surface area (Å²) in [7, 11) is 0. The molecule has 1 spiro atoms. The van der Waals surface area contributed by atoms with Gasteiger partial charge in [-0.25, -0.2) is 0 Å². The van der Waals surface area contributed by atoms with Crippen molar-refractivity contribution >= 4 is 17.3 Å². The van der Waals surface area contributed by atoms with Gasteiger partial charge in [0.25, 0.3) is 0 Å². The molecule has 2 aliphatic rings. The quantitative estimate of drug-likeness (QED) is 0.836. The van der Waals surface area contributed by atoms with E-state index in [-0.39, 0.29) is 0 Å². The lowest BCUT2D eigenvalue weighted by Crippen LogP contribution is -2.64. The van der Waals surface area contributed by atoms with Gasteiger partial charge in [-0.1, -0.05) is 36.9 Å². The standard InChI is InChI=1S/C17H25ClN2/c1-13-6-7-15(10-16(13)18)20-12-17(19-11-14(20)2)8-4-3-5-9-17/h6-7,10,14,19H,3-5,8-9,11-12H2,1-2H3. The van der Waals surface area contributed by atoms with E-state index in [1.165, 1.54) is 37.8 Å². The number of anilines is 1. The zero-order valence-corrected chi connectivity index (χ0v) is 13.3. The predicted octanol–water partition coefficient (Wildman–Crippen LogP) is 4.15. The number of hydrogen-bond acceptors (Lipinski definition) is 2. The first kappa shape index (κ1) is 14.2. The van der Waals surface area contributed by atoms with E-state index in [9.17, 15) is 0 Å². The zero-order valence-electron chi connectivity index (χ0n) is 12.6. The first-order chi connectivity index (χ1) is 9.60. The third kappa shape index (κ3) is 2.68. The average Bonchev–Trinajstić information content (AvgIpc) is 2.46. The summed E-state index contributed by atoms with van der Waals surface area (Å²) in [4.78, 5) is 2.55. The van der Waals surface area contributed by atoms with E-state index in [1.54, 1.807) is 0 Å². The van der Waals surface area contributed by atoms with Gasteiger partial charge in [0.05, 0.1) is 0 Å². The second-order valence-electron chi connectivity index (χ2n) is 6.63. The fraction of sp³-hybridized carbons (Fsp3) is 0.647. The largest absolute Gasteiger partial charge is 0.366 e. The van der Waals surface area contributed by atoms with Gasteiger partial charge in [0.15, 0.2) is 0 Å². The molecule has 1 saturated heterocycles. The molecule has 1 N–H and O–H groups in total. The topological polar surface area (TPSA) is 15.3 Å². The van der Waals surface area contributed by atoms with Gasteiger partial charge in [-0.15, -0.1) is 0 Å². The Balaban J connectivity index is 1.84. The minimum Gasteiger partial charge on any atom is -0.366 e. The monoisotopic (exact) mass is 292 g/mol. The second kappa shape index (κ2) is 5.57. The maximum absolute atomic E-state index is 6.32. The molecule has 3 rings (SSSR count). The molecule has 20 heavy (non-hydrogen) atoms. The van der Waals surface area contributed by atoms with Crippen molar-refractivity contribution in [2.75, 3.05) is 18.0 Å². The minimum atomic E-state index is 0.335. The van der Waals surface area contributed by atoms with Crippen molar-refractivity contribution in [3.05, 3.63) is 28.8 Å². The van der Waals surface area contributed by atoms with E-state index in [0.29, 0.717) is 11.6 Å². The highest BCUT2D eigenvalue weighted by atomic mass is 35.5. The number of halogens is 1. The molecule has 110 valence electrons. The molecule has 1 heterocycles. The van der Waals surface area contributed by atoms with Crippen LogP contribution < -0.4 is 10.2 Å². The van der Waals surface area contributed by atoms with Crippen molar-refractivity contribution in [1.29, 1.82) is 0 Å². The van der Waals surface area contributed by atoms with Crippen LogP contribution in [0.2, 0.25) is 5.02 Å². The van der Waals surface area contributed by atoms with Crippen LogP contribution in [0.4, 0.5) is 5.69 Å². The lowest BCUT2D eigenvalue weighted by atomic mass is 9.79. The van der Waals surface area contributed by atoms with Crippen molar-refractivity contribution in [2.45, 2.75) is 57.5 Å². The molecule has 1 atom stereocenters. The first-order valence-electron chi connectivity index (χ1n) is 7.87. The van der Waals surface area contributed by atoms with E-state index < -0.39 is 0 Å². The van der Waals surface area contributed by atoms with Gasteiger partial charge >= 0.3 is 0 Å². The van der Waals surface area contributed by atoms with Crippen molar-refractivity contribution in [3.8, 4) is 0 Å². The van der Waals surface area contributed by atoms with Crippen LogP contribution in [0.25, 0.3) is 0 Å². The molecule has 1 aromatic rings. The van der Waals surface area contributed by atoms with E-state index in [4.69, 9.17) is 11.6 Å². The molecule has 1 aromatic carbocycles. The van der Waals surface area contributed by atoms with E-state index in [2.05, 4.69) is 42.3 Å². The van der Waals surface area contributed by atoms with Crippen LogP contribution in [0, 0.1) is 6.92 Å². The molecule has 2 fully saturated rings. The summed E-state index contributed by atoms with van der Waals surface area (Å²) in [6, 6.07) is 7.02. The van der Waals surface area contributed by atoms with Crippen molar-refractivity contribution in [3.63, 3.8) is 0 Å². The highest BCUT2D eigenvalue weighted by Crippen LogP contribution is 2.34. The number of rotatable bonds is 1. The van der Waals surface area contributed by atoms with Gasteiger partial charge in [-0.05, 0) is 44.4 Å². The fourth-order valence-electron chi connectivity index (χ4n) is 3.68. The number of hydrogen-bond donors (Lipinski definition) is 1. The Morgan fingerprint density at radius 3 is 2.70 bits per heavy atom. The average molecular weight is 293 g/mol. The molecule has 1 aliphatic heterocycles. The Kier molecular flexibility index (Phi) is 3.96. The van der Waals surface area contributed by atoms with Crippen LogP contribution in [-0.2, 0) is 0 Å². The Morgan fingerprint density at radius 2 is 2.00 bits per heavy atom. The molecule has 0 bridgehead atoms. The molecule has 2 nitrogen and oxygen atoms in total. The number of nitrogens with zero attached hydrogens (tertiary/aromatic N) is 1. The third-order valence-corrected chi connectivity index (χ3v) is 5.48. The summed E-state index contributed by atoms with van der Waals surface area (Å²) in [6.45, 7) is 6.56. The molecule has 3 heteroatoms. The van der Waals surface area contributed by atoms with E-state index in [1.807, 2.05) is 0 Å². The molecule has 0 amide bonds. The Hall–Kier alpha value is -0.730. The van der Waals surface area contributed by atoms with Crippen LogP contribution in [0.3, 0.4) is 0 Å². The van der Waals surface area contributed by atoms with Crippen molar-refractivity contribution in [1.82, 2.24) is 5.32 Å². The van der Waals surface area contributed by atoms with Gasteiger partial charge in [0.1, 0.15) is 0 Å². The van der Waals surface area contributed by atoms with Crippen LogP contribution >= 0.6 is 11.6 Å². The first-order valence-corrected chi connectivity index (χ1v) is 8.25.